The van der Waals surface area contributed by atoms with E-state index in [2.05, 4.69) is 5.32 Å². The summed E-state index contributed by atoms with van der Waals surface area (Å²) in [4.78, 5) is 29.6. The summed E-state index contributed by atoms with van der Waals surface area (Å²) < 4.78 is 0. The summed E-state index contributed by atoms with van der Waals surface area (Å²) in [5.41, 5.74) is 4.10. The normalized spacial score (nSPS) is 10.7. The number of hydrogen-bond acceptors (Lipinski definition) is 3. The fraction of sp³-hybridized carbons (Fsp3) is 0.259. The van der Waals surface area contributed by atoms with Crippen LogP contribution in [-0.4, -0.2) is 30.8 Å². The van der Waals surface area contributed by atoms with Gasteiger partial charge in [0, 0.05) is 44.5 Å². The molecule has 0 unspecified atom stereocenters. The Labute approximate surface area is 201 Å². The molecule has 0 fully saturated rings. The van der Waals surface area contributed by atoms with Crippen molar-refractivity contribution < 1.29 is 9.59 Å². The summed E-state index contributed by atoms with van der Waals surface area (Å²) in [6.07, 6.45) is 0. The summed E-state index contributed by atoms with van der Waals surface area (Å²) in [6.45, 7) is 4.50. The fourth-order valence-corrected chi connectivity index (χ4v) is 3.74. The molecule has 2 amide bonds. The maximum absolute atomic E-state index is 13.6. The molecule has 0 saturated carbocycles. The van der Waals surface area contributed by atoms with Crippen molar-refractivity contribution in [3.8, 4) is 0 Å². The third kappa shape index (κ3) is 6.36. The van der Waals surface area contributed by atoms with E-state index in [4.69, 9.17) is 11.6 Å². The predicted octanol–water partition coefficient (Wildman–Crippen LogP) is 5.84. The van der Waals surface area contributed by atoms with Crippen LogP contribution in [0.4, 0.5) is 11.4 Å². The number of rotatable bonds is 8. The average molecular weight is 464 g/mol. The van der Waals surface area contributed by atoms with Crippen molar-refractivity contribution in [3.63, 3.8) is 0 Å². The maximum Gasteiger partial charge on any atom is 0.255 e. The van der Waals surface area contributed by atoms with Crippen molar-refractivity contribution in [1.29, 1.82) is 0 Å². The van der Waals surface area contributed by atoms with E-state index in [1.165, 1.54) is 0 Å². The molecule has 1 N–H and O–H groups in total. The Morgan fingerprint density at radius 3 is 2.21 bits per heavy atom. The quantitative estimate of drug-likeness (QED) is 0.456. The van der Waals surface area contributed by atoms with Gasteiger partial charge < -0.3 is 15.1 Å². The second-order valence-corrected chi connectivity index (χ2v) is 8.92. The number of anilines is 2. The first-order valence-corrected chi connectivity index (χ1v) is 11.3. The number of carbonyl (C=O) groups excluding carboxylic acids is 2. The minimum absolute atomic E-state index is 0.0492. The first-order chi connectivity index (χ1) is 15.8. The summed E-state index contributed by atoms with van der Waals surface area (Å²) in [6, 6.07) is 22.8. The highest BCUT2D eigenvalue weighted by atomic mass is 35.5. The largest absolute Gasteiger partial charge is 0.377 e. The summed E-state index contributed by atoms with van der Waals surface area (Å²) in [7, 11) is 3.92. The number of amides is 2. The van der Waals surface area contributed by atoms with Crippen LogP contribution >= 0.6 is 11.6 Å². The molecule has 3 rings (SSSR count). The Kier molecular flexibility index (Phi) is 8.12. The maximum atomic E-state index is 13.6. The molecule has 3 aromatic carbocycles. The lowest BCUT2D eigenvalue weighted by Gasteiger charge is -2.27. The predicted molar refractivity (Wildman–Crippen MR) is 136 cm³/mol. The number of halogens is 1. The topological polar surface area (TPSA) is 52.7 Å². The van der Waals surface area contributed by atoms with Gasteiger partial charge in [-0.3, -0.25) is 9.59 Å². The molecule has 0 radical (unpaired) electrons. The second-order valence-electron chi connectivity index (χ2n) is 8.51. The Hall–Kier alpha value is -3.31. The highest BCUT2D eigenvalue weighted by Crippen LogP contribution is 2.27. The van der Waals surface area contributed by atoms with Crippen molar-refractivity contribution in [2.45, 2.75) is 26.9 Å². The highest BCUT2D eigenvalue weighted by Gasteiger charge is 2.21. The molecular weight excluding hydrogens is 434 g/mol. The summed E-state index contributed by atoms with van der Waals surface area (Å²) in [5, 5.41) is 3.38. The average Bonchev–Trinajstić information content (AvgIpc) is 2.79. The monoisotopic (exact) mass is 463 g/mol. The van der Waals surface area contributed by atoms with Crippen molar-refractivity contribution in [3.05, 3.63) is 94.5 Å². The van der Waals surface area contributed by atoms with Gasteiger partial charge in [-0.25, -0.2) is 0 Å². The Morgan fingerprint density at radius 2 is 1.58 bits per heavy atom. The minimum atomic E-state index is -0.147. The van der Waals surface area contributed by atoms with Gasteiger partial charge in [-0.1, -0.05) is 67.9 Å². The van der Waals surface area contributed by atoms with Gasteiger partial charge in [0.2, 0.25) is 5.91 Å². The van der Waals surface area contributed by atoms with Gasteiger partial charge in [-0.15, -0.1) is 0 Å². The molecule has 0 spiro atoms. The second kappa shape index (κ2) is 11.0. The number of nitrogens with one attached hydrogen (secondary N) is 1. The molecule has 172 valence electrons. The van der Waals surface area contributed by atoms with E-state index in [1.54, 1.807) is 17.0 Å². The van der Waals surface area contributed by atoms with Crippen molar-refractivity contribution in [2.24, 2.45) is 5.92 Å². The van der Waals surface area contributed by atoms with E-state index in [0.717, 1.165) is 16.8 Å². The van der Waals surface area contributed by atoms with Gasteiger partial charge in [-0.05, 0) is 41.5 Å². The number of benzene rings is 3. The van der Waals surface area contributed by atoms with E-state index in [-0.39, 0.29) is 17.7 Å². The Balaban J connectivity index is 1.99. The lowest BCUT2D eigenvalue weighted by atomic mass is 10.1. The smallest absolute Gasteiger partial charge is 0.255 e. The van der Waals surface area contributed by atoms with Gasteiger partial charge in [0.1, 0.15) is 0 Å². The molecular formula is C27H30ClN3O2. The highest BCUT2D eigenvalue weighted by molar-refractivity contribution is 6.33. The van der Waals surface area contributed by atoms with Gasteiger partial charge in [-0.2, -0.15) is 0 Å². The molecule has 3 aromatic rings. The van der Waals surface area contributed by atoms with E-state index in [1.807, 2.05) is 93.5 Å². The minimum Gasteiger partial charge on any atom is -0.377 e. The molecule has 33 heavy (non-hydrogen) atoms. The molecule has 0 atom stereocenters. The van der Waals surface area contributed by atoms with Crippen LogP contribution in [0.25, 0.3) is 0 Å². The van der Waals surface area contributed by atoms with E-state index >= 15 is 0 Å². The lowest BCUT2D eigenvalue weighted by Crippen LogP contribution is -2.31. The van der Waals surface area contributed by atoms with E-state index in [0.29, 0.717) is 29.4 Å². The molecule has 0 aliphatic rings. The first-order valence-electron chi connectivity index (χ1n) is 10.9. The summed E-state index contributed by atoms with van der Waals surface area (Å²) in [5.74, 6) is -0.323. The number of carbonyl (C=O) groups is 2. The Morgan fingerprint density at radius 1 is 0.909 bits per heavy atom. The standard InChI is InChI=1S/C27H30ClN3O2/c1-19(2)26(32)29-22-14-15-25(30(3)4)21(16-22)18-31(17-20-10-6-5-7-11-20)27(33)23-12-8-9-13-24(23)28/h5-16,19H,17-18H2,1-4H3,(H,29,32). The zero-order valence-electron chi connectivity index (χ0n) is 19.5. The first kappa shape index (κ1) is 24.3. The van der Waals surface area contributed by atoms with Gasteiger partial charge in [0.15, 0.2) is 0 Å². The zero-order chi connectivity index (χ0) is 24.0. The molecule has 0 bridgehead atoms. The fourth-order valence-electron chi connectivity index (χ4n) is 3.53. The third-order valence-electron chi connectivity index (χ3n) is 5.32. The molecule has 5 nitrogen and oxygen atoms in total. The van der Waals surface area contributed by atoms with Crippen molar-refractivity contribution in [2.75, 3.05) is 24.3 Å². The van der Waals surface area contributed by atoms with E-state index < -0.39 is 0 Å². The van der Waals surface area contributed by atoms with Crippen LogP contribution in [0.1, 0.15) is 35.3 Å². The lowest BCUT2D eigenvalue weighted by molar-refractivity contribution is -0.118. The Bertz CT molecular complexity index is 1110. The van der Waals surface area contributed by atoms with Crippen LogP contribution in [-0.2, 0) is 17.9 Å². The molecule has 6 heteroatoms. The number of hydrogen-bond donors (Lipinski definition) is 1. The van der Waals surface area contributed by atoms with Gasteiger partial charge >= 0.3 is 0 Å². The number of nitrogens with zero attached hydrogens (tertiary/aromatic N) is 2. The molecule has 0 aromatic heterocycles. The van der Waals surface area contributed by atoms with Crippen LogP contribution in [0.5, 0.6) is 0 Å². The van der Waals surface area contributed by atoms with Crippen molar-refractivity contribution >= 4 is 34.8 Å². The van der Waals surface area contributed by atoms with E-state index in [9.17, 15) is 9.59 Å². The summed E-state index contributed by atoms with van der Waals surface area (Å²) >= 11 is 6.36. The van der Waals surface area contributed by atoms with Gasteiger partial charge in [0.05, 0.1) is 10.6 Å². The van der Waals surface area contributed by atoms with Gasteiger partial charge in [0.25, 0.3) is 5.91 Å². The van der Waals surface area contributed by atoms with Crippen LogP contribution in [0.15, 0.2) is 72.8 Å². The van der Waals surface area contributed by atoms with Crippen LogP contribution < -0.4 is 10.2 Å². The SMILES string of the molecule is CC(C)C(=O)Nc1ccc(N(C)C)c(CN(Cc2ccccc2)C(=O)c2ccccc2Cl)c1. The molecule has 0 saturated heterocycles. The van der Waals surface area contributed by atoms with Crippen molar-refractivity contribution in [1.82, 2.24) is 4.90 Å². The van der Waals surface area contributed by atoms with Crippen LogP contribution in [0.2, 0.25) is 5.02 Å². The molecule has 0 aliphatic carbocycles. The third-order valence-corrected chi connectivity index (χ3v) is 5.65. The van der Waals surface area contributed by atoms with Crippen LogP contribution in [0.3, 0.4) is 0 Å². The van der Waals surface area contributed by atoms with Crippen LogP contribution in [0, 0.1) is 5.92 Å². The molecule has 0 heterocycles. The molecule has 0 aliphatic heterocycles. The zero-order valence-corrected chi connectivity index (χ0v) is 20.3.